The lowest BCUT2D eigenvalue weighted by Crippen LogP contribution is -2.34. The van der Waals surface area contributed by atoms with Crippen LogP contribution < -0.4 is 11.1 Å². The van der Waals surface area contributed by atoms with Crippen LogP contribution in [0.4, 0.5) is 8.78 Å². The number of hydrogen-bond donors (Lipinski definition) is 2. The summed E-state index contributed by atoms with van der Waals surface area (Å²) in [5.41, 5.74) is 7.33. The number of guanidine groups is 1. The Hall–Kier alpha value is -2.43. The van der Waals surface area contributed by atoms with Crippen LogP contribution in [-0.2, 0) is 11.8 Å². The van der Waals surface area contributed by atoms with Gasteiger partial charge in [-0.05, 0) is 36.5 Å². The lowest BCUT2D eigenvalue weighted by Gasteiger charge is -2.15. The fourth-order valence-electron chi connectivity index (χ4n) is 2.86. The van der Waals surface area contributed by atoms with E-state index in [-0.39, 0.29) is 5.41 Å². The molecule has 3 nitrogen and oxygen atoms in total. The van der Waals surface area contributed by atoms with Crippen LogP contribution in [0.3, 0.4) is 0 Å². The molecular weight excluding hydrogens is 308 g/mol. The van der Waals surface area contributed by atoms with Crippen molar-refractivity contribution >= 4 is 5.96 Å². The van der Waals surface area contributed by atoms with Gasteiger partial charge < -0.3 is 11.1 Å². The molecule has 0 atom stereocenters. The molecule has 0 aliphatic heterocycles. The molecule has 3 N–H and O–H groups in total. The molecule has 24 heavy (non-hydrogen) atoms. The van der Waals surface area contributed by atoms with Gasteiger partial charge in [-0.3, -0.25) is 4.99 Å². The highest BCUT2D eigenvalue weighted by Crippen LogP contribution is 2.49. The van der Waals surface area contributed by atoms with Gasteiger partial charge >= 0.3 is 0 Å². The van der Waals surface area contributed by atoms with Crippen molar-refractivity contribution in [2.24, 2.45) is 10.7 Å². The zero-order chi connectivity index (χ0) is 17.0. The smallest absolute Gasteiger partial charge is 0.188 e. The Balaban J connectivity index is 1.54. The molecule has 0 bridgehead atoms. The van der Waals surface area contributed by atoms with Crippen LogP contribution in [-0.4, -0.2) is 19.0 Å². The van der Waals surface area contributed by atoms with Gasteiger partial charge in [-0.1, -0.05) is 36.4 Å². The Morgan fingerprint density at radius 2 is 1.88 bits per heavy atom. The summed E-state index contributed by atoms with van der Waals surface area (Å²) in [5.74, 6) is -0.698. The molecule has 3 rings (SSSR count). The predicted octanol–water partition coefficient (Wildman–Crippen LogP) is 3.14. The van der Waals surface area contributed by atoms with E-state index in [2.05, 4.69) is 22.4 Å². The topological polar surface area (TPSA) is 50.4 Å². The second-order valence-electron chi connectivity index (χ2n) is 6.27. The molecule has 0 spiro atoms. The summed E-state index contributed by atoms with van der Waals surface area (Å²) in [6, 6.07) is 13.9. The highest BCUT2D eigenvalue weighted by Gasteiger charge is 2.46. The Kier molecular flexibility index (Phi) is 4.79. The Bertz CT molecular complexity index is 725. The van der Waals surface area contributed by atoms with Crippen LogP contribution in [0.2, 0.25) is 0 Å². The average Bonchev–Trinajstić information content (AvgIpc) is 3.35. The number of benzene rings is 2. The van der Waals surface area contributed by atoms with Crippen molar-refractivity contribution in [2.45, 2.75) is 24.7 Å². The minimum atomic E-state index is -0.558. The van der Waals surface area contributed by atoms with Crippen molar-refractivity contribution < 1.29 is 8.78 Å². The summed E-state index contributed by atoms with van der Waals surface area (Å²) < 4.78 is 27.0. The van der Waals surface area contributed by atoms with Gasteiger partial charge in [0.2, 0.25) is 0 Å². The first kappa shape index (κ1) is 16.4. The van der Waals surface area contributed by atoms with E-state index < -0.39 is 11.6 Å². The average molecular weight is 329 g/mol. The molecule has 0 radical (unpaired) electrons. The third kappa shape index (κ3) is 3.91. The molecule has 1 aliphatic carbocycles. The van der Waals surface area contributed by atoms with Crippen LogP contribution >= 0.6 is 0 Å². The maximum Gasteiger partial charge on any atom is 0.188 e. The Labute approximate surface area is 140 Å². The second-order valence-corrected chi connectivity index (χ2v) is 6.27. The highest BCUT2D eigenvalue weighted by molar-refractivity contribution is 5.77. The van der Waals surface area contributed by atoms with Crippen molar-refractivity contribution in [3.05, 3.63) is 71.3 Å². The first-order valence-corrected chi connectivity index (χ1v) is 8.12. The zero-order valence-electron chi connectivity index (χ0n) is 13.4. The molecule has 5 heteroatoms. The molecule has 0 saturated heterocycles. The quantitative estimate of drug-likeness (QED) is 0.632. The van der Waals surface area contributed by atoms with Crippen molar-refractivity contribution in [1.29, 1.82) is 0 Å². The van der Waals surface area contributed by atoms with Crippen LogP contribution in [0.1, 0.15) is 24.0 Å². The molecule has 0 unspecified atom stereocenters. The Morgan fingerprint density at radius 1 is 1.12 bits per heavy atom. The van der Waals surface area contributed by atoms with E-state index in [9.17, 15) is 8.78 Å². The summed E-state index contributed by atoms with van der Waals surface area (Å²) >= 11 is 0. The fourth-order valence-corrected chi connectivity index (χ4v) is 2.86. The third-order valence-electron chi connectivity index (χ3n) is 4.47. The van der Waals surface area contributed by atoms with Gasteiger partial charge in [0.15, 0.2) is 5.96 Å². The third-order valence-corrected chi connectivity index (χ3v) is 4.47. The normalized spacial score (nSPS) is 16.0. The summed E-state index contributed by atoms with van der Waals surface area (Å²) in [4.78, 5) is 4.35. The molecule has 1 saturated carbocycles. The van der Waals surface area contributed by atoms with Gasteiger partial charge in [0.1, 0.15) is 11.6 Å². The highest BCUT2D eigenvalue weighted by atomic mass is 19.1. The summed E-state index contributed by atoms with van der Waals surface area (Å²) in [6.07, 6.45) is 2.54. The molecule has 1 fully saturated rings. The minimum Gasteiger partial charge on any atom is -0.370 e. The van der Waals surface area contributed by atoms with E-state index in [1.165, 1.54) is 17.7 Å². The van der Waals surface area contributed by atoms with Crippen molar-refractivity contribution in [2.75, 3.05) is 13.1 Å². The molecule has 0 aromatic heterocycles. The van der Waals surface area contributed by atoms with Gasteiger partial charge in [-0.15, -0.1) is 0 Å². The fraction of sp³-hybridized carbons (Fsp3) is 0.316. The summed E-state index contributed by atoms with van der Waals surface area (Å²) in [7, 11) is 0. The van der Waals surface area contributed by atoms with Crippen LogP contribution in [0.5, 0.6) is 0 Å². The van der Waals surface area contributed by atoms with Crippen LogP contribution in [0.15, 0.2) is 53.5 Å². The maximum absolute atomic E-state index is 14.0. The standard InChI is InChI=1S/C19H21F2N3/c20-15-6-7-16(17(21)12-15)19(9-10-19)13-24-18(22)23-11-8-14-4-2-1-3-5-14/h1-7,12H,8-11,13H2,(H3,22,23,24). The molecular formula is C19H21F2N3. The maximum atomic E-state index is 14.0. The van der Waals surface area contributed by atoms with Crippen molar-refractivity contribution in [3.63, 3.8) is 0 Å². The first-order valence-electron chi connectivity index (χ1n) is 8.12. The Morgan fingerprint density at radius 3 is 2.54 bits per heavy atom. The number of aliphatic imine (C=N–C) groups is 1. The predicted molar refractivity (Wildman–Crippen MR) is 91.9 cm³/mol. The number of nitrogens with zero attached hydrogens (tertiary/aromatic N) is 1. The largest absolute Gasteiger partial charge is 0.370 e. The lowest BCUT2D eigenvalue weighted by molar-refractivity contribution is 0.549. The number of hydrogen-bond acceptors (Lipinski definition) is 1. The van der Waals surface area contributed by atoms with Crippen LogP contribution in [0.25, 0.3) is 0 Å². The van der Waals surface area contributed by atoms with Gasteiger partial charge in [0.05, 0.1) is 6.54 Å². The second kappa shape index (κ2) is 6.99. The summed E-state index contributed by atoms with van der Waals surface area (Å²) in [6.45, 7) is 1.11. The van der Waals surface area contributed by atoms with E-state index in [1.807, 2.05) is 18.2 Å². The minimum absolute atomic E-state index is 0.330. The van der Waals surface area contributed by atoms with E-state index in [1.54, 1.807) is 0 Å². The number of halogens is 2. The van der Waals surface area contributed by atoms with E-state index >= 15 is 0 Å². The number of rotatable bonds is 6. The molecule has 126 valence electrons. The van der Waals surface area contributed by atoms with E-state index in [4.69, 9.17) is 5.73 Å². The monoisotopic (exact) mass is 329 g/mol. The SMILES string of the molecule is NC(=NCC1(c2ccc(F)cc2F)CC1)NCCc1ccccc1. The number of nitrogens with two attached hydrogens (primary N) is 1. The molecule has 2 aromatic carbocycles. The first-order chi connectivity index (χ1) is 11.6. The molecule has 0 amide bonds. The number of nitrogens with one attached hydrogen (secondary N) is 1. The van der Waals surface area contributed by atoms with Crippen molar-refractivity contribution in [1.82, 2.24) is 5.32 Å². The van der Waals surface area contributed by atoms with Gasteiger partial charge in [0, 0.05) is 18.0 Å². The van der Waals surface area contributed by atoms with E-state index in [0.29, 0.717) is 24.6 Å². The molecule has 1 aliphatic rings. The van der Waals surface area contributed by atoms with Gasteiger partial charge in [-0.2, -0.15) is 0 Å². The molecule has 0 heterocycles. The van der Waals surface area contributed by atoms with Crippen LogP contribution in [0, 0.1) is 11.6 Å². The molecule has 2 aromatic rings. The van der Waals surface area contributed by atoms with Gasteiger partial charge in [0.25, 0.3) is 0 Å². The lowest BCUT2D eigenvalue weighted by atomic mass is 9.95. The van der Waals surface area contributed by atoms with Gasteiger partial charge in [-0.25, -0.2) is 8.78 Å². The van der Waals surface area contributed by atoms with E-state index in [0.717, 1.165) is 25.3 Å². The zero-order valence-corrected chi connectivity index (χ0v) is 13.4. The van der Waals surface area contributed by atoms with Crippen molar-refractivity contribution in [3.8, 4) is 0 Å². The summed E-state index contributed by atoms with van der Waals surface area (Å²) in [5, 5.41) is 3.08.